The first-order valence-corrected chi connectivity index (χ1v) is 8.36. The van der Waals surface area contributed by atoms with Crippen molar-refractivity contribution >= 4 is 17.7 Å². The summed E-state index contributed by atoms with van der Waals surface area (Å²) < 4.78 is 1.97. The highest BCUT2D eigenvalue weighted by Gasteiger charge is 2.51. The van der Waals surface area contributed by atoms with E-state index in [4.69, 9.17) is 0 Å². The van der Waals surface area contributed by atoms with E-state index in [0.717, 1.165) is 11.3 Å². The molecule has 2 aromatic rings. The highest BCUT2D eigenvalue weighted by Crippen LogP contribution is 2.38. The number of amides is 3. The second kappa shape index (κ2) is 5.58. The summed E-state index contributed by atoms with van der Waals surface area (Å²) in [6.07, 6.45) is 4.59. The van der Waals surface area contributed by atoms with Crippen molar-refractivity contribution in [2.24, 2.45) is 5.41 Å². The summed E-state index contributed by atoms with van der Waals surface area (Å²) >= 11 is 0. The van der Waals surface area contributed by atoms with Crippen LogP contribution in [0.5, 0.6) is 0 Å². The van der Waals surface area contributed by atoms with Gasteiger partial charge in [0.1, 0.15) is 0 Å². The predicted octanol–water partition coefficient (Wildman–Crippen LogP) is 1.66. The monoisotopic (exact) mass is 337 g/mol. The standard InChI is InChI=1S/C19H19N3O3/c1-13-4-5-14(10-15(13)21-7-2-3-8-21)17(24)22-9-6-19(12-22)11-16(23)20-18(19)25/h2-5,7-8,10H,6,9,11-12H2,1H3,(H,20,23,25)/t19-/m0/s1. The Labute approximate surface area is 145 Å². The van der Waals surface area contributed by atoms with E-state index in [1.54, 1.807) is 4.90 Å². The minimum absolute atomic E-state index is 0.0996. The number of imide groups is 1. The second-order valence-electron chi connectivity index (χ2n) is 6.90. The summed E-state index contributed by atoms with van der Waals surface area (Å²) in [4.78, 5) is 38.2. The number of aryl methyl sites for hydroxylation is 1. The molecule has 3 amide bonds. The molecule has 128 valence electrons. The molecule has 1 spiro atoms. The van der Waals surface area contributed by atoms with Gasteiger partial charge in [-0.2, -0.15) is 0 Å². The molecule has 2 aliphatic rings. The molecule has 6 nitrogen and oxygen atoms in total. The van der Waals surface area contributed by atoms with Crippen LogP contribution in [0.15, 0.2) is 42.7 Å². The first kappa shape index (κ1) is 15.6. The Kier molecular flexibility index (Phi) is 3.49. The number of carbonyl (C=O) groups excluding carboxylic acids is 3. The van der Waals surface area contributed by atoms with Gasteiger partial charge in [0.15, 0.2) is 0 Å². The van der Waals surface area contributed by atoms with E-state index in [9.17, 15) is 14.4 Å². The first-order chi connectivity index (χ1) is 12.0. The molecule has 1 N–H and O–H groups in total. The van der Waals surface area contributed by atoms with Crippen LogP contribution in [0.25, 0.3) is 5.69 Å². The number of rotatable bonds is 2. The lowest BCUT2D eigenvalue weighted by Crippen LogP contribution is -2.36. The quantitative estimate of drug-likeness (QED) is 0.847. The lowest BCUT2D eigenvalue weighted by atomic mass is 9.85. The van der Waals surface area contributed by atoms with Crippen LogP contribution >= 0.6 is 0 Å². The van der Waals surface area contributed by atoms with E-state index >= 15 is 0 Å². The van der Waals surface area contributed by atoms with E-state index in [1.165, 1.54) is 0 Å². The van der Waals surface area contributed by atoms with Crippen LogP contribution in [0, 0.1) is 12.3 Å². The molecule has 2 aliphatic heterocycles. The summed E-state index contributed by atoms with van der Waals surface area (Å²) in [5.74, 6) is -0.591. The van der Waals surface area contributed by atoms with E-state index in [1.807, 2.05) is 54.2 Å². The van der Waals surface area contributed by atoms with Crippen LogP contribution in [-0.4, -0.2) is 40.3 Å². The van der Waals surface area contributed by atoms with Crippen molar-refractivity contribution in [3.63, 3.8) is 0 Å². The Morgan fingerprint density at radius 1 is 1.20 bits per heavy atom. The number of hydrogen-bond acceptors (Lipinski definition) is 3. The number of aromatic nitrogens is 1. The molecule has 1 aromatic heterocycles. The number of nitrogens with one attached hydrogen (secondary N) is 1. The molecule has 2 fully saturated rings. The maximum Gasteiger partial charge on any atom is 0.253 e. The van der Waals surface area contributed by atoms with Crippen LogP contribution < -0.4 is 5.32 Å². The Balaban J connectivity index is 1.59. The maximum atomic E-state index is 12.9. The summed E-state index contributed by atoms with van der Waals surface area (Å²) in [5.41, 5.74) is 1.89. The molecule has 1 atom stereocenters. The van der Waals surface area contributed by atoms with Crippen molar-refractivity contribution in [3.8, 4) is 5.69 Å². The van der Waals surface area contributed by atoms with Gasteiger partial charge in [-0.15, -0.1) is 0 Å². The van der Waals surface area contributed by atoms with Gasteiger partial charge >= 0.3 is 0 Å². The van der Waals surface area contributed by atoms with Gasteiger partial charge in [-0.25, -0.2) is 0 Å². The third kappa shape index (κ3) is 2.54. The molecule has 0 radical (unpaired) electrons. The predicted molar refractivity (Wildman–Crippen MR) is 91.2 cm³/mol. The minimum atomic E-state index is -0.735. The summed E-state index contributed by atoms with van der Waals surface area (Å²) in [6.45, 7) is 2.80. The SMILES string of the molecule is Cc1ccc(C(=O)N2CC[C@]3(CC(=O)NC3=O)C2)cc1-n1cccc1. The fourth-order valence-electron chi connectivity index (χ4n) is 3.76. The van der Waals surface area contributed by atoms with Gasteiger partial charge in [-0.05, 0) is 43.2 Å². The highest BCUT2D eigenvalue weighted by atomic mass is 16.2. The molecule has 2 saturated heterocycles. The van der Waals surface area contributed by atoms with Crippen LogP contribution in [-0.2, 0) is 9.59 Å². The third-order valence-electron chi connectivity index (χ3n) is 5.21. The van der Waals surface area contributed by atoms with Gasteiger partial charge in [-0.3, -0.25) is 19.7 Å². The molecule has 0 aliphatic carbocycles. The zero-order valence-electron chi connectivity index (χ0n) is 14.0. The Bertz CT molecular complexity index is 872. The van der Waals surface area contributed by atoms with Gasteiger partial charge in [0.2, 0.25) is 11.8 Å². The van der Waals surface area contributed by atoms with E-state index in [-0.39, 0.29) is 24.1 Å². The average Bonchev–Trinajstić information content (AvgIpc) is 3.30. The van der Waals surface area contributed by atoms with Crippen molar-refractivity contribution in [2.45, 2.75) is 19.8 Å². The minimum Gasteiger partial charge on any atom is -0.338 e. The molecular formula is C19H19N3O3. The maximum absolute atomic E-state index is 12.9. The Morgan fingerprint density at radius 2 is 1.96 bits per heavy atom. The fraction of sp³-hybridized carbons (Fsp3) is 0.316. The number of likely N-dealkylation sites (tertiary alicyclic amines) is 1. The van der Waals surface area contributed by atoms with Gasteiger partial charge in [-0.1, -0.05) is 6.07 Å². The summed E-state index contributed by atoms with van der Waals surface area (Å²) in [5, 5.41) is 2.36. The molecule has 25 heavy (non-hydrogen) atoms. The van der Waals surface area contributed by atoms with E-state index in [2.05, 4.69) is 5.32 Å². The topological polar surface area (TPSA) is 71.4 Å². The molecule has 6 heteroatoms. The van der Waals surface area contributed by atoms with Crippen molar-refractivity contribution in [2.75, 3.05) is 13.1 Å². The molecule has 1 aromatic carbocycles. The van der Waals surface area contributed by atoms with Crippen molar-refractivity contribution in [1.82, 2.24) is 14.8 Å². The van der Waals surface area contributed by atoms with Crippen LogP contribution in [0.1, 0.15) is 28.8 Å². The highest BCUT2D eigenvalue weighted by molar-refractivity contribution is 6.07. The number of hydrogen-bond donors (Lipinski definition) is 1. The van der Waals surface area contributed by atoms with Crippen molar-refractivity contribution in [1.29, 1.82) is 0 Å². The number of benzene rings is 1. The smallest absolute Gasteiger partial charge is 0.253 e. The second-order valence-corrected chi connectivity index (χ2v) is 6.90. The van der Waals surface area contributed by atoms with Gasteiger partial charge in [0.05, 0.1) is 5.41 Å². The molecule has 3 heterocycles. The zero-order chi connectivity index (χ0) is 17.6. The van der Waals surface area contributed by atoms with E-state index < -0.39 is 5.41 Å². The summed E-state index contributed by atoms with van der Waals surface area (Å²) in [7, 11) is 0. The molecule has 0 saturated carbocycles. The number of nitrogens with zero attached hydrogens (tertiary/aromatic N) is 2. The fourth-order valence-corrected chi connectivity index (χ4v) is 3.76. The van der Waals surface area contributed by atoms with Gasteiger partial charge < -0.3 is 9.47 Å². The van der Waals surface area contributed by atoms with Crippen molar-refractivity contribution in [3.05, 3.63) is 53.9 Å². The largest absolute Gasteiger partial charge is 0.338 e. The third-order valence-corrected chi connectivity index (χ3v) is 5.21. The Hall–Kier alpha value is -2.89. The average molecular weight is 337 g/mol. The van der Waals surface area contributed by atoms with Crippen LogP contribution in [0.4, 0.5) is 0 Å². The molecular weight excluding hydrogens is 318 g/mol. The lowest BCUT2D eigenvalue weighted by molar-refractivity contribution is -0.128. The van der Waals surface area contributed by atoms with Crippen LogP contribution in [0.2, 0.25) is 0 Å². The number of carbonyl (C=O) groups is 3. The molecule has 4 rings (SSSR count). The van der Waals surface area contributed by atoms with E-state index in [0.29, 0.717) is 25.1 Å². The normalized spacial score (nSPS) is 22.7. The molecule has 0 bridgehead atoms. The van der Waals surface area contributed by atoms with Gasteiger partial charge in [0.25, 0.3) is 5.91 Å². The zero-order valence-corrected chi connectivity index (χ0v) is 14.0. The first-order valence-electron chi connectivity index (χ1n) is 8.36. The Morgan fingerprint density at radius 3 is 2.64 bits per heavy atom. The van der Waals surface area contributed by atoms with Crippen LogP contribution in [0.3, 0.4) is 0 Å². The summed E-state index contributed by atoms with van der Waals surface area (Å²) in [6, 6.07) is 9.50. The van der Waals surface area contributed by atoms with Gasteiger partial charge in [0, 0.05) is 43.2 Å². The molecule has 0 unspecified atom stereocenters. The van der Waals surface area contributed by atoms with Crippen molar-refractivity contribution < 1.29 is 14.4 Å². The lowest BCUT2D eigenvalue weighted by Gasteiger charge is -2.21.